The van der Waals surface area contributed by atoms with Crippen LogP contribution in [0.5, 0.6) is 0 Å². The zero-order chi connectivity index (χ0) is 16.1. The van der Waals surface area contributed by atoms with Crippen LogP contribution in [0.4, 0.5) is 0 Å². The van der Waals surface area contributed by atoms with Crippen molar-refractivity contribution < 1.29 is 4.79 Å². The third-order valence-electron chi connectivity index (χ3n) is 3.50. The van der Waals surface area contributed by atoms with Gasteiger partial charge in [-0.2, -0.15) is 0 Å². The first kappa shape index (κ1) is 16.9. The normalized spacial score (nSPS) is 13.6. The molecule has 0 bridgehead atoms. The minimum atomic E-state index is -0.252. The van der Waals surface area contributed by atoms with Crippen LogP contribution < -0.4 is 0 Å². The summed E-state index contributed by atoms with van der Waals surface area (Å²) in [7, 11) is 0. The van der Waals surface area contributed by atoms with Gasteiger partial charge in [-0.25, -0.2) is 0 Å². The number of halogens is 2. The number of pyridine rings is 2. The molecule has 116 valence electrons. The third-order valence-corrected chi connectivity index (χ3v) is 4.59. The Morgan fingerprint density at radius 3 is 1.73 bits per heavy atom. The SMILES string of the molecule is CCC(Cl)c1cccnc1C(=O)c1ncccc1C(Cl)CC. The summed E-state index contributed by atoms with van der Waals surface area (Å²) in [5, 5.41) is -0.504. The van der Waals surface area contributed by atoms with Crippen molar-refractivity contribution in [2.75, 3.05) is 0 Å². The number of carbonyl (C=O) groups is 1. The van der Waals surface area contributed by atoms with Gasteiger partial charge in [-0.15, -0.1) is 23.2 Å². The average molecular weight is 337 g/mol. The first-order chi connectivity index (χ1) is 10.6. The number of hydrogen-bond acceptors (Lipinski definition) is 3. The Balaban J connectivity index is 2.50. The quantitative estimate of drug-likeness (QED) is 0.545. The molecule has 5 heteroatoms. The number of hydrogen-bond donors (Lipinski definition) is 0. The number of alkyl halides is 2. The predicted molar refractivity (Wildman–Crippen MR) is 89.7 cm³/mol. The van der Waals surface area contributed by atoms with Crippen molar-refractivity contribution in [3.63, 3.8) is 0 Å². The van der Waals surface area contributed by atoms with Gasteiger partial charge in [0.1, 0.15) is 11.4 Å². The highest BCUT2D eigenvalue weighted by molar-refractivity contribution is 6.23. The summed E-state index contributed by atoms with van der Waals surface area (Å²) >= 11 is 12.6. The molecule has 2 unspecified atom stereocenters. The summed E-state index contributed by atoms with van der Waals surface area (Å²) in [4.78, 5) is 21.4. The molecule has 2 rings (SSSR count). The van der Waals surface area contributed by atoms with Crippen LogP contribution in [0.1, 0.15) is 64.8 Å². The van der Waals surface area contributed by atoms with E-state index in [1.54, 1.807) is 24.5 Å². The first-order valence-corrected chi connectivity index (χ1v) is 8.20. The highest BCUT2D eigenvalue weighted by Gasteiger charge is 2.24. The molecule has 22 heavy (non-hydrogen) atoms. The lowest BCUT2D eigenvalue weighted by Gasteiger charge is -2.14. The number of ketones is 1. The van der Waals surface area contributed by atoms with E-state index in [1.165, 1.54) is 0 Å². The number of aromatic nitrogens is 2. The van der Waals surface area contributed by atoms with Gasteiger partial charge in [0, 0.05) is 12.4 Å². The first-order valence-electron chi connectivity index (χ1n) is 7.32. The van der Waals surface area contributed by atoms with Crippen molar-refractivity contribution >= 4 is 29.0 Å². The van der Waals surface area contributed by atoms with E-state index in [1.807, 2.05) is 26.0 Å². The van der Waals surface area contributed by atoms with E-state index in [4.69, 9.17) is 23.2 Å². The molecule has 0 aliphatic carbocycles. The van der Waals surface area contributed by atoms with Crippen LogP contribution in [-0.4, -0.2) is 15.8 Å². The summed E-state index contributed by atoms with van der Waals surface area (Å²) in [6, 6.07) is 7.24. The Kier molecular flexibility index (Phi) is 5.92. The lowest BCUT2D eigenvalue weighted by atomic mass is 9.99. The second kappa shape index (κ2) is 7.70. The predicted octanol–water partition coefficient (Wildman–Crippen LogP) is 5.09. The Morgan fingerprint density at radius 2 is 1.36 bits per heavy atom. The molecule has 0 radical (unpaired) electrons. The zero-order valence-electron chi connectivity index (χ0n) is 12.6. The summed E-state index contributed by atoms with van der Waals surface area (Å²) < 4.78 is 0. The molecule has 0 spiro atoms. The minimum Gasteiger partial charge on any atom is -0.285 e. The maximum atomic E-state index is 12.9. The molecule has 0 aliphatic rings. The molecule has 0 aromatic carbocycles. The lowest BCUT2D eigenvalue weighted by molar-refractivity contribution is 0.102. The van der Waals surface area contributed by atoms with Gasteiger partial charge in [0.2, 0.25) is 5.78 Å². The molecule has 2 aromatic rings. The molecule has 0 N–H and O–H groups in total. The second-order valence-electron chi connectivity index (χ2n) is 4.96. The van der Waals surface area contributed by atoms with Crippen LogP contribution in [-0.2, 0) is 0 Å². The van der Waals surface area contributed by atoms with Crippen LogP contribution in [0.25, 0.3) is 0 Å². The van der Waals surface area contributed by atoms with Crippen molar-refractivity contribution in [2.45, 2.75) is 37.4 Å². The molecule has 2 atom stereocenters. The van der Waals surface area contributed by atoms with Gasteiger partial charge in [-0.05, 0) is 36.1 Å². The largest absolute Gasteiger partial charge is 0.285 e. The van der Waals surface area contributed by atoms with Crippen LogP contribution in [0.15, 0.2) is 36.7 Å². The molecular formula is C17H18Cl2N2O. The fourth-order valence-electron chi connectivity index (χ4n) is 2.27. The summed E-state index contributed by atoms with van der Waals surface area (Å²) in [5.74, 6) is -0.232. The lowest BCUT2D eigenvalue weighted by Crippen LogP contribution is -2.13. The fraction of sp³-hybridized carbons (Fsp3) is 0.353. The third kappa shape index (κ3) is 3.47. The molecule has 0 saturated heterocycles. The molecular weight excluding hydrogens is 319 g/mol. The maximum absolute atomic E-state index is 12.9. The van der Waals surface area contributed by atoms with E-state index in [0.29, 0.717) is 11.4 Å². The van der Waals surface area contributed by atoms with Crippen LogP contribution in [0.2, 0.25) is 0 Å². The smallest absolute Gasteiger partial charge is 0.230 e. The van der Waals surface area contributed by atoms with E-state index >= 15 is 0 Å². The van der Waals surface area contributed by atoms with Gasteiger partial charge in [0.25, 0.3) is 0 Å². The Bertz CT molecular complexity index is 605. The monoisotopic (exact) mass is 336 g/mol. The summed E-state index contributed by atoms with van der Waals surface area (Å²) in [6.45, 7) is 3.94. The van der Waals surface area contributed by atoms with Gasteiger partial charge in [-0.3, -0.25) is 14.8 Å². The summed E-state index contributed by atoms with van der Waals surface area (Å²) in [6.07, 6.45) is 4.62. The van der Waals surface area contributed by atoms with Gasteiger partial charge >= 0.3 is 0 Å². The van der Waals surface area contributed by atoms with Crippen molar-refractivity contribution in [1.82, 2.24) is 9.97 Å². The second-order valence-corrected chi connectivity index (χ2v) is 6.02. The topological polar surface area (TPSA) is 42.9 Å². The van der Waals surface area contributed by atoms with Crippen LogP contribution >= 0.6 is 23.2 Å². The van der Waals surface area contributed by atoms with Gasteiger partial charge in [-0.1, -0.05) is 26.0 Å². The van der Waals surface area contributed by atoms with E-state index in [9.17, 15) is 4.79 Å². The molecule has 2 aromatic heterocycles. The average Bonchev–Trinajstić information content (AvgIpc) is 2.59. The Hall–Kier alpha value is -1.45. The molecule has 2 heterocycles. The van der Waals surface area contributed by atoms with Crippen molar-refractivity contribution in [3.8, 4) is 0 Å². The van der Waals surface area contributed by atoms with Gasteiger partial charge in [0.15, 0.2) is 0 Å². The molecule has 0 amide bonds. The highest BCUT2D eigenvalue weighted by Crippen LogP contribution is 2.30. The minimum absolute atomic E-state index is 0.232. The molecule has 3 nitrogen and oxygen atoms in total. The van der Waals surface area contributed by atoms with E-state index < -0.39 is 0 Å². The van der Waals surface area contributed by atoms with Gasteiger partial charge < -0.3 is 0 Å². The Morgan fingerprint density at radius 1 is 0.955 bits per heavy atom. The molecule has 0 aliphatic heterocycles. The van der Waals surface area contributed by atoms with Crippen LogP contribution in [0, 0.1) is 0 Å². The van der Waals surface area contributed by atoms with Crippen molar-refractivity contribution in [3.05, 3.63) is 59.2 Å². The standard InChI is InChI=1S/C17H18Cl2N2O/c1-3-13(18)11-7-5-9-20-15(11)17(22)16-12(14(19)4-2)8-6-10-21-16/h5-10,13-14H,3-4H2,1-2H3. The summed E-state index contributed by atoms with van der Waals surface area (Å²) in [5.41, 5.74) is 2.17. The highest BCUT2D eigenvalue weighted by atomic mass is 35.5. The van der Waals surface area contributed by atoms with E-state index in [2.05, 4.69) is 9.97 Å². The number of nitrogens with zero attached hydrogens (tertiary/aromatic N) is 2. The van der Waals surface area contributed by atoms with E-state index in [0.717, 1.165) is 24.0 Å². The van der Waals surface area contributed by atoms with Crippen LogP contribution in [0.3, 0.4) is 0 Å². The maximum Gasteiger partial charge on any atom is 0.230 e. The van der Waals surface area contributed by atoms with Crippen molar-refractivity contribution in [2.24, 2.45) is 0 Å². The van der Waals surface area contributed by atoms with E-state index in [-0.39, 0.29) is 16.5 Å². The van der Waals surface area contributed by atoms with Crippen molar-refractivity contribution in [1.29, 1.82) is 0 Å². The number of rotatable bonds is 6. The molecule has 0 fully saturated rings. The van der Waals surface area contributed by atoms with Gasteiger partial charge in [0.05, 0.1) is 10.8 Å². The fourth-order valence-corrected chi connectivity index (χ4v) is 2.62. The Labute approximate surface area is 140 Å². The zero-order valence-corrected chi connectivity index (χ0v) is 14.1. The number of carbonyl (C=O) groups excluding carboxylic acids is 1. The molecule has 0 saturated carbocycles.